The van der Waals surface area contributed by atoms with Crippen molar-refractivity contribution in [1.82, 2.24) is 9.80 Å². The van der Waals surface area contributed by atoms with Gasteiger partial charge in [0.1, 0.15) is 12.6 Å². The van der Waals surface area contributed by atoms with Crippen LogP contribution in [0.15, 0.2) is 42.5 Å². The van der Waals surface area contributed by atoms with E-state index < -0.39 is 6.04 Å². The first-order valence-corrected chi connectivity index (χ1v) is 13.5. The minimum Gasteiger partial charge on any atom is -0.493 e. The lowest BCUT2D eigenvalue weighted by Gasteiger charge is -2.48. The summed E-state index contributed by atoms with van der Waals surface area (Å²) in [6, 6.07) is 13.4. The van der Waals surface area contributed by atoms with Crippen LogP contribution in [0.4, 0.5) is 0 Å². The smallest absolute Gasteiger partial charge is 0.250 e. The third-order valence-electron chi connectivity index (χ3n) is 7.94. The number of ether oxygens (including phenoxy) is 2. The van der Waals surface area contributed by atoms with Gasteiger partial charge in [-0.3, -0.25) is 9.59 Å². The Balaban J connectivity index is 1.57. The van der Waals surface area contributed by atoms with Crippen molar-refractivity contribution in [2.24, 2.45) is 0 Å². The van der Waals surface area contributed by atoms with Crippen LogP contribution in [0.5, 0.6) is 11.5 Å². The van der Waals surface area contributed by atoms with E-state index in [0.29, 0.717) is 11.5 Å². The molecule has 6 heteroatoms. The van der Waals surface area contributed by atoms with Gasteiger partial charge < -0.3 is 19.3 Å². The Bertz CT molecular complexity index is 1110. The fraction of sp³-hybridized carbons (Fsp3) is 0.533. The maximum absolute atomic E-state index is 14.3. The molecule has 36 heavy (non-hydrogen) atoms. The highest BCUT2D eigenvalue weighted by Gasteiger charge is 2.46. The zero-order valence-electron chi connectivity index (χ0n) is 21.7. The molecular weight excluding hydrogens is 452 g/mol. The van der Waals surface area contributed by atoms with E-state index in [1.54, 1.807) is 7.11 Å². The molecule has 1 saturated heterocycles. The van der Waals surface area contributed by atoms with Gasteiger partial charge >= 0.3 is 0 Å². The summed E-state index contributed by atoms with van der Waals surface area (Å²) in [5, 5.41) is 0. The van der Waals surface area contributed by atoms with Gasteiger partial charge in [-0.15, -0.1) is 0 Å². The van der Waals surface area contributed by atoms with E-state index in [9.17, 15) is 9.59 Å². The summed E-state index contributed by atoms with van der Waals surface area (Å²) in [7, 11) is 1.61. The van der Waals surface area contributed by atoms with Crippen molar-refractivity contribution in [3.63, 3.8) is 0 Å². The van der Waals surface area contributed by atoms with Gasteiger partial charge in [0.25, 0.3) is 5.91 Å². The van der Waals surface area contributed by atoms with E-state index in [1.165, 1.54) is 17.5 Å². The second-order valence-electron chi connectivity index (χ2n) is 10.6. The molecule has 2 aromatic rings. The number of fused-ring (bicyclic) bond motifs is 1. The third-order valence-corrected chi connectivity index (χ3v) is 7.94. The standard InChI is InChI=1S/C30H38N2O4/c1-20(2)36-26-17-16-22(18-27(26)35-3)29-30(34)31(23-12-5-4-6-13-23)19-28(33)32(29)25-15-9-11-21-10-7-8-14-24(21)25/h7-8,10,14,16-18,20,23,25,29H,4-6,9,11-13,15,19H2,1-3H3/t25-,29+/m1/s1. The molecule has 192 valence electrons. The first-order chi connectivity index (χ1) is 17.5. The molecule has 1 aliphatic heterocycles. The monoisotopic (exact) mass is 490 g/mol. The Morgan fingerprint density at radius 3 is 2.44 bits per heavy atom. The van der Waals surface area contributed by atoms with Gasteiger partial charge in [0.2, 0.25) is 5.91 Å². The van der Waals surface area contributed by atoms with Crippen molar-refractivity contribution >= 4 is 11.8 Å². The maximum atomic E-state index is 14.3. The lowest BCUT2D eigenvalue weighted by atomic mass is 9.84. The second-order valence-corrected chi connectivity index (χ2v) is 10.6. The number of aryl methyl sites for hydroxylation is 1. The van der Waals surface area contributed by atoms with Crippen molar-refractivity contribution in [3.8, 4) is 11.5 Å². The van der Waals surface area contributed by atoms with Crippen LogP contribution >= 0.6 is 0 Å². The fourth-order valence-electron chi connectivity index (χ4n) is 6.31. The summed E-state index contributed by atoms with van der Waals surface area (Å²) < 4.78 is 11.6. The third kappa shape index (κ3) is 4.70. The van der Waals surface area contributed by atoms with E-state index in [2.05, 4.69) is 18.2 Å². The molecule has 2 aliphatic carbocycles. The average molecular weight is 491 g/mol. The van der Waals surface area contributed by atoms with Gasteiger partial charge in [-0.05, 0) is 74.8 Å². The van der Waals surface area contributed by atoms with Gasteiger partial charge in [0.15, 0.2) is 11.5 Å². The van der Waals surface area contributed by atoms with Gasteiger partial charge in [-0.1, -0.05) is 49.6 Å². The molecule has 2 aromatic carbocycles. The Morgan fingerprint density at radius 1 is 0.917 bits per heavy atom. The van der Waals surface area contributed by atoms with E-state index >= 15 is 0 Å². The van der Waals surface area contributed by atoms with Crippen LogP contribution in [0.3, 0.4) is 0 Å². The Labute approximate surface area is 214 Å². The average Bonchev–Trinajstić information content (AvgIpc) is 2.90. The summed E-state index contributed by atoms with van der Waals surface area (Å²) in [6.45, 7) is 4.12. The lowest BCUT2D eigenvalue weighted by molar-refractivity contribution is -0.162. The van der Waals surface area contributed by atoms with Crippen LogP contribution in [0.1, 0.15) is 87.6 Å². The van der Waals surface area contributed by atoms with Crippen molar-refractivity contribution in [3.05, 3.63) is 59.2 Å². The van der Waals surface area contributed by atoms with Crippen LogP contribution < -0.4 is 9.47 Å². The van der Waals surface area contributed by atoms with Gasteiger partial charge in [0.05, 0.1) is 19.3 Å². The Hall–Kier alpha value is -3.02. The number of methoxy groups -OCH3 is 1. The molecule has 0 radical (unpaired) electrons. The molecule has 0 aromatic heterocycles. The van der Waals surface area contributed by atoms with Crippen LogP contribution in [0.2, 0.25) is 0 Å². The molecule has 1 saturated carbocycles. The summed E-state index contributed by atoms with van der Waals surface area (Å²) in [5.74, 6) is 1.29. The van der Waals surface area contributed by atoms with Gasteiger partial charge in [0, 0.05) is 6.04 Å². The molecule has 1 heterocycles. The number of hydrogen-bond acceptors (Lipinski definition) is 4. The Morgan fingerprint density at radius 2 is 1.69 bits per heavy atom. The van der Waals surface area contributed by atoms with Crippen LogP contribution in [-0.2, 0) is 16.0 Å². The summed E-state index contributed by atoms with van der Waals surface area (Å²) in [5.41, 5.74) is 3.23. The zero-order valence-corrected chi connectivity index (χ0v) is 21.7. The molecule has 3 aliphatic rings. The highest BCUT2D eigenvalue weighted by Crippen LogP contribution is 2.44. The number of benzene rings is 2. The van der Waals surface area contributed by atoms with Crippen LogP contribution in [-0.4, -0.2) is 47.4 Å². The first kappa shape index (κ1) is 24.7. The van der Waals surface area contributed by atoms with Crippen LogP contribution in [0, 0.1) is 0 Å². The first-order valence-electron chi connectivity index (χ1n) is 13.5. The van der Waals surface area contributed by atoms with E-state index in [0.717, 1.165) is 50.5 Å². The molecule has 0 spiro atoms. The van der Waals surface area contributed by atoms with Crippen LogP contribution in [0.25, 0.3) is 0 Å². The summed E-state index contributed by atoms with van der Waals surface area (Å²) in [6.07, 6.45) is 8.26. The van der Waals surface area contributed by atoms with Crippen molar-refractivity contribution in [2.45, 2.75) is 89.4 Å². The van der Waals surface area contributed by atoms with Gasteiger partial charge in [-0.2, -0.15) is 0 Å². The molecule has 5 rings (SSSR count). The molecule has 0 N–H and O–H groups in total. The minimum atomic E-state index is -0.675. The predicted molar refractivity (Wildman–Crippen MR) is 139 cm³/mol. The topological polar surface area (TPSA) is 59.1 Å². The van der Waals surface area contributed by atoms with E-state index in [1.807, 2.05) is 47.9 Å². The molecule has 0 bridgehead atoms. The number of hydrogen-bond donors (Lipinski definition) is 0. The second kappa shape index (κ2) is 10.5. The maximum Gasteiger partial charge on any atom is 0.250 e. The van der Waals surface area contributed by atoms with Crippen molar-refractivity contribution in [2.75, 3.05) is 13.7 Å². The fourth-order valence-corrected chi connectivity index (χ4v) is 6.31. The SMILES string of the molecule is COc1cc([C@H]2C(=O)N(C3CCCCC3)CC(=O)N2[C@@H]2CCCc3ccccc32)ccc1OC(C)C. The normalized spacial score (nSPS) is 23.1. The quantitative estimate of drug-likeness (QED) is 0.529. The highest BCUT2D eigenvalue weighted by molar-refractivity contribution is 5.96. The lowest BCUT2D eigenvalue weighted by Crippen LogP contribution is -2.59. The number of amides is 2. The van der Waals surface area contributed by atoms with E-state index in [-0.39, 0.29) is 36.5 Å². The molecule has 2 fully saturated rings. The number of piperazine rings is 1. The highest BCUT2D eigenvalue weighted by atomic mass is 16.5. The number of carbonyl (C=O) groups is 2. The molecule has 2 atom stereocenters. The van der Waals surface area contributed by atoms with Crippen molar-refractivity contribution < 1.29 is 19.1 Å². The number of rotatable bonds is 6. The van der Waals surface area contributed by atoms with Gasteiger partial charge in [-0.25, -0.2) is 0 Å². The van der Waals surface area contributed by atoms with Crippen molar-refractivity contribution in [1.29, 1.82) is 0 Å². The number of nitrogens with zero attached hydrogens (tertiary/aromatic N) is 2. The minimum absolute atomic E-state index is 0.000303. The zero-order chi connectivity index (χ0) is 25.2. The molecular formula is C30H38N2O4. The van der Waals surface area contributed by atoms with E-state index in [4.69, 9.17) is 9.47 Å². The Kier molecular flexibility index (Phi) is 7.22. The molecule has 0 unspecified atom stereocenters. The molecule has 6 nitrogen and oxygen atoms in total. The number of carbonyl (C=O) groups excluding carboxylic acids is 2. The predicted octanol–water partition coefficient (Wildman–Crippen LogP) is 5.60. The summed E-state index contributed by atoms with van der Waals surface area (Å²) in [4.78, 5) is 32.0. The largest absolute Gasteiger partial charge is 0.493 e. The summed E-state index contributed by atoms with van der Waals surface area (Å²) >= 11 is 0. The molecule has 2 amide bonds.